The van der Waals surface area contributed by atoms with E-state index in [0.717, 1.165) is 22.5 Å². The van der Waals surface area contributed by atoms with Gasteiger partial charge in [-0.2, -0.15) is 4.31 Å². The average molecular weight is 387 g/mol. The molecular weight excluding hydrogens is 372 g/mol. The summed E-state index contributed by atoms with van der Waals surface area (Å²) in [5.41, 5.74) is 0. The van der Waals surface area contributed by atoms with E-state index in [9.17, 15) is 25.6 Å². The number of sulfonamides is 1. The van der Waals surface area contributed by atoms with E-state index < -0.39 is 41.6 Å². The van der Waals surface area contributed by atoms with E-state index >= 15 is 0 Å². The zero-order chi connectivity index (χ0) is 18.2. The van der Waals surface area contributed by atoms with Gasteiger partial charge in [0.2, 0.25) is 10.0 Å². The maximum absolute atomic E-state index is 13.8. The molecule has 0 bridgehead atoms. The maximum Gasteiger partial charge on any atom is 0.248 e. The van der Waals surface area contributed by atoms with Crippen LogP contribution in [-0.2, 0) is 19.9 Å². The Kier molecular flexibility index (Phi) is 4.65. The zero-order valence-corrected chi connectivity index (χ0v) is 14.6. The maximum atomic E-state index is 13.8. The first kappa shape index (κ1) is 18.0. The minimum Gasteiger partial charge on any atom is -0.223 e. The van der Waals surface area contributed by atoms with Gasteiger partial charge in [-0.3, -0.25) is 0 Å². The number of hydrogen-bond donors (Lipinski definition) is 0. The Balaban J connectivity index is 1.91. The first-order valence-corrected chi connectivity index (χ1v) is 10.5. The van der Waals surface area contributed by atoms with Crippen molar-refractivity contribution < 1.29 is 25.6 Å². The van der Waals surface area contributed by atoms with Crippen LogP contribution in [0.15, 0.2) is 58.3 Å². The highest BCUT2D eigenvalue weighted by Gasteiger charge is 2.41. The Hall–Kier alpha value is -1.84. The third kappa shape index (κ3) is 3.19. The van der Waals surface area contributed by atoms with Crippen molar-refractivity contribution in [3.8, 4) is 0 Å². The van der Waals surface area contributed by atoms with Crippen molar-refractivity contribution in [2.75, 3.05) is 13.1 Å². The molecule has 1 aliphatic heterocycles. The highest BCUT2D eigenvalue weighted by Crippen LogP contribution is 2.29. The Bertz CT molecular complexity index is 972. The second-order valence-electron chi connectivity index (χ2n) is 5.68. The van der Waals surface area contributed by atoms with Crippen molar-refractivity contribution in [1.29, 1.82) is 0 Å². The van der Waals surface area contributed by atoms with E-state index in [1.807, 2.05) is 0 Å². The molecule has 0 radical (unpaired) electrons. The number of rotatable bonds is 4. The average Bonchev–Trinajstić information content (AvgIpc) is 3.07. The first-order valence-electron chi connectivity index (χ1n) is 7.47. The lowest BCUT2D eigenvalue weighted by atomic mass is 10.3. The standard InChI is InChI=1S/C16H15F2NO4S2/c17-14-7-4-8-15(18)16(14)25(22,23)19-10-9-13(11-19)24(20,21)12-5-2-1-3-6-12/h1-8,13H,9-11H2. The lowest BCUT2D eigenvalue weighted by molar-refractivity contribution is 0.455. The Labute approximate surface area is 144 Å². The third-order valence-corrected chi connectivity index (χ3v) is 8.24. The summed E-state index contributed by atoms with van der Waals surface area (Å²) in [5, 5.41) is -0.959. The molecule has 134 valence electrons. The zero-order valence-electron chi connectivity index (χ0n) is 13.0. The summed E-state index contributed by atoms with van der Waals surface area (Å²) in [7, 11) is -8.18. The second kappa shape index (κ2) is 6.47. The van der Waals surface area contributed by atoms with Gasteiger partial charge in [-0.25, -0.2) is 25.6 Å². The van der Waals surface area contributed by atoms with Gasteiger partial charge in [-0.1, -0.05) is 24.3 Å². The van der Waals surface area contributed by atoms with Crippen LogP contribution >= 0.6 is 0 Å². The lowest BCUT2D eigenvalue weighted by Gasteiger charge is -2.17. The second-order valence-corrected chi connectivity index (χ2v) is 9.79. The number of benzene rings is 2. The summed E-state index contributed by atoms with van der Waals surface area (Å²) in [4.78, 5) is -0.955. The molecule has 0 aliphatic carbocycles. The van der Waals surface area contributed by atoms with Crippen molar-refractivity contribution in [2.24, 2.45) is 0 Å². The third-order valence-electron chi connectivity index (χ3n) is 4.14. The summed E-state index contributed by atoms with van der Waals surface area (Å²) in [5.74, 6) is -2.40. The van der Waals surface area contributed by atoms with Crippen LogP contribution in [0.3, 0.4) is 0 Å². The lowest BCUT2D eigenvalue weighted by Crippen LogP contribution is -2.33. The molecule has 1 fully saturated rings. The minimum atomic E-state index is -4.46. The fourth-order valence-electron chi connectivity index (χ4n) is 2.83. The van der Waals surface area contributed by atoms with Crippen molar-refractivity contribution in [2.45, 2.75) is 21.5 Å². The Morgan fingerprint density at radius 2 is 1.48 bits per heavy atom. The summed E-state index contributed by atoms with van der Waals surface area (Å²) >= 11 is 0. The largest absolute Gasteiger partial charge is 0.248 e. The van der Waals surface area contributed by atoms with E-state index in [-0.39, 0.29) is 24.4 Å². The molecule has 1 unspecified atom stereocenters. The highest BCUT2D eigenvalue weighted by molar-refractivity contribution is 7.92. The summed E-state index contributed by atoms with van der Waals surface area (Å²) in [6.07, 6.45) is 0.0620. The fraction of sp³-hybridized carbons (Fsp3) is 0.250. The smallest absolute Gasteiger partial charge is 0.223 e. The van der Waals surface area contributed by atoms with Gasteiger partial charge >= 0.3 is 0 Å². The molecule has 0 amide bonds. The predicted octanol–water partition coefficient (Wildman–Crippen LogP) is 2.20. The fourth-order valence-corrected chi connectivity index (χ4v) is 6.25. The van der Waals surface area contributed by atoms with Crippen molar-refractivity contribution in [3.63, 3.8) is 0 Å². The van der Waals surface area contributed by atoms with Gasteiger partial charge in [0.15, 0.2) is 14.7 Å². The van der Waals surface area contributed by atoms with E-state index in [1.165, 1.54) is 12.1 Å². The van der Waals surface area contributed by atoms with Gasteiger partial charge < -0.3 is 0 Å². The molecule has 2 aromatic rings. The van der Waals surface area contributed by atoms with E-state index in [4.69, 9.17) is 0 Å². The predicted molar refractivity (Wildman–Crippen MR) is 87.1 cm³/mol. The Morgan fingerprint density at radius 3 is 2.08 bits per heavy atom. The molecule has 1 heterocycles. The normalized spacial score (nSPS) is 19.2. The van der Waals surface area contributed by atoms with Crippen LogP contribution in [0.4, 0.5) is 8.78 Å². The van der Waals surface area contributed by atoms with Crippen LogP contribution in [0, 0.1) is 11.6 Å². The molecule has 0 spiro atoms. The van der Waals surface area contributed by atoms with Crippen LogP contribution in [0.25, 0.3) is 0 Å². The van der Waals surface area contributed by atoms with E-state index in [1.54, 1.807) is 18.2 Å². The van der Waals surface area contributed by atoms with Gasteiger partial charge in [0, 0.05) is 13.1 Å². The summed E-state index contributed by atoms with van der Waals surface area (Å²) in [6, 6.07) is 10.5. The highest BCUT2D eigenvalue weighted by atomic mass is 32.2. The summed E-state index contributed by atoms with van der Waals surface area (Å²) < 4.78 is 78.8. The van der Waals surface area contributed by atoms with Crippen molar-refractivity contribution in [1.82, 2.24) is 4.31 Å². The topological polar surface area (TPSA) is 71.5 Å². The molecule has 0 aromatic heterocycles. The molecule has 25 heavy (non-hydrogen) atoms. The molecular formula is C16H15F2NO4S2. The monoisotopic (exact) mass is 387 g/mol. The number of halogens is 2. The SMILES string of the molecule is O=S(=O)(c1ccccc1)C1CCN(S(=O)(=O)c2c(F)cccc2F)C1. The van der Waals surface area contributed by atoms with Crippen LogP contribution in [0.1, 0.15) is 6.42 Å². The molecule has 1 saturated heterocycles. The number of hydrogen-bond acceptors (Lipinski definition) is 4. The van der Waals surface area contributed by atoms with Crippen LogP contribution < -0.4 is 0 Å². The van der Waals surface area contributed by atoms with Gasteiger partial charge in [0.1, 0.15) is 11.6 Å². The van der Waals surface area contributed by atoms with Crippen LogP contribution in [0.2, 0.25) is 0 Å². The molecule has 1 aliphatic rings. The first-order chi connectivity index (χ1) is 11.7. The van der Waals surface area contributed by atoms with Crippen molar-refractivity contribution >= 4 is 19.9 Å². The molecule has 1 atom stereocenters. The van der Waals surface area contributed by atoms with Crippen LogP contribution in [-0.4, -0.2) is 39.5 Å². The summed E-state index contributed by atoms with van der Waals surface area (Å²) in [6.45, 7) is -0.458. The molecule has 3 rings (SSSR count). The van der Waals surface area contributed by atoms with Crippen LogP contribution in [0.5, 0.6) is 0 Å². The molecule has 0 saturated carbocycles. The van der Waals surface area contributed by atoms with Crippen molar-refractivity contribution in [3.05, 3.63) is 60.2 Å². The number of nitrogens with zero attached hydrogens (tertiary/aromatic N) is 1. The van der Waals surface area contributed by atoms with Gasteiger partial charge in [0.05, 0.1) is 10.1 Å². The Morgan fingerprint density at radius 1 is 0.880 bits per heavy atom. The molecule has 9 heteroatoms. The molecule has 0 N–H and O–H groups in total. The quantitative estimate of drug-likeness (QED) is 0.806. The van der Waals surface area contributed by atoms with Gasteiger partial charge in [0.25, 0.3) is 0 Å². The van der Waals surface area contributed by atoms with Gasteiger partial charge in [-0.15, -0.1) is 0 Å². The number of sulfone groups is 1. The molecule has 2 aromatic carbocycles. The minimum absolute atomic E-state index is 0.0620. The van der Waals surface area contributed by atoms with E-state index in [0.29, 0.717) is 0 Å². The van der Waals surface area contributed by atoms with E-state index in [2.05, 4.69) is 0 Å². The van der Waals surface area contributed by atoms with Gasteiger partial charge in [-0.05, 0) is 30.7 Å². The molecule has 5 nitrogen and oxygen atoms in total.